The van der Waals surface area contributed by atoms with Gasteiger partial charge in [0.25, 0.3) is 0 Å². The van der Waals surface area contributed by atoms with Crippen LogP contribution in [0.5, 0.6) is 5.75 Å². The van der Waals surface area contributed by atoms with Gasteiger partial charge in [0.05, 0.1) is 19.3 Å². The molecule has 0 aliphatic rings. The predicted octanol–water partition coefficient (Wildman–Crippen LogP) is 1.17. The Balaban J connectivity index is 2.16. The zero-order valence-electron chi connectivity index (χ0n) is 12.2. The lowest BCUT2D eigenvalue weighted by Gasteiger charge is -2.06. The molecule has 0 saturated carbocycles. The molecule has 0 radical (unpaired) electrons. The third-order valence-corrected chi connectivity index (χ3v) is 3.46. The second-order valence-corrected chi connectivity index (χ2v) is 5.36. The van der Waals surface area contributed by atoms with Crippen molar-refractivity contribution in [2.45, 2.75) is 6.42 Å². The highest BCUT2D eigenvalue weighted by Crippen LogP contribution is 2.13. The number of primary amides is 1. The van der Waals surface area contributed by atoms with Gasteiger partial charge in [0.2, 0.25) is 5.91 Å². The lowest BCUT2D eigenvalue weighted by molar-refractivity contribution is -0.119. The van der Waals surface area contributed by atoms with E-state index in [0.29, 0.717) is 29.4 Å². The molecule has 3 N–H and O–H groups in total. The first kappa shape index (κ1) is 17.8. The molecule has 0 atom stereocenters. The molecule has 0 fully saturated rings. The minimum absolute atomic E-state index is 0.224. The maximum Gasteiger partial charge on any atom is 0.337 e. The number of hydrogen-bond acceptors (Lipinski definition) is 6. The van der Waals surface area contributed by atoms with Crippen molar-refractivity contribution >= 4 is 29.7 Å². The molecule has 1 rings (SSSR count). The van der Waals surface area contributed by atoms with Crippen LogP contribution in [0.4, 0.5) is 4.79 Å². The normalized spacial score (nSPS) is 9.86. The molecule has 7 nitrogen and oxygen atoms in total. The van der Waals surface area contributed by atoms with Gasteiger partial charge >= 0.3 is 12.0 Å². The Morgan fingerprint density at radius 3 is 2.45 bits per heavy atom. The molecule has 1 aromatic carbocycles. The summed E-state index contributed by atoms with van der Waals surface area (Å²) in [4.78, 5) is 32.8. The van der Waals surface area contributed by atoms with Crippen LogP contribution < -0.4 is 15.8 Å². The number of amides is 3. The van der Waals surface area contributed by atoms with Gasteiger partial charge in [-0.2, -0.15) is 11.8 Å². The topological polar surface area (TPSA) is 108 Å². The molecule has 120 valence electrons. The number of hydrogen-bond donors (Lipinski definition) is 2. The molecule has 8 heteroatoms. The van der Waals surface area contributed by atoms with Crippen molar-refractivity contribution in [1.29, 1.82) is 0 Å². The average molecular weight is 326 g/mol. The van der Waals surface area contributed by atoms with E-state index in [0.717, 1.165) is 0 Å². The molecule has 1 aromatic rings. The fourth-order valence-electron chi connectivity index (χ4n) is 1.49. The van der Waals surface area contributed by atoms with Crippen LogP contribution in [0.2, 0.25) is 0 Å². The minimum atomic E-state index is -0.839. The van der Waals surface area contributed by atoms with Crippen molar-refractivity contribution in [2.24, 2.45) is 5.73 Å². The fraction of sp³-hybridized carbons (Fsp3) is 0.357. The Hall–Kier alpha value is -2.22. The lowest BCUT2D eigenvalue weighted by Crippen LogP contribution is -2.35. The number of rotatable bonds is 8. The lowest BCUT2D eigenvalue weighted by atomic mass is 10.2. The summed E-state index contributed by atoms with van der Waals surface area (Å²) >= 11 is 1.53. The second kappa shape index (κ2) is 9.67. The van der Waals surface area contributed by atoms with Crippen LogP contribution in [0.25, 0.3) is 0 Å². The van der Waals surface area contributed by atoms with E-state index in [1.807, 2.05) is 5.32 Å². The monoisotopic (exact) mass is 326 g/mol. The average Bonchev–Trinajstić information content (AvgIpc) is 2.49. The Morgan fingerprint density at radius 2 is 1.86 bits per heavy atom. The first-order chi connectivity index (χ1) is 10.5. The molecule has 0 aromatic heterocycles. The minimum Gasteiger partial charge on any atom is -0.493 e. The SMILES string of the molecule is COC(=O)c1ccc(OCCSCCC(=O)NC(N)=O)cc1. The Kier molecular flexibility index (Phi) is 7.84. The van der Waals surface area contributed by atoms with Crippen LogP contribution in [-0.4, -0.2) is 43.1 Å². The Labute approximate surface area is 132 Å². The van der Waals surface area contributed by atoms with Crippen LogP contribution in [0.3, 0.4) is 0 Å². The first-order valence-corrected chi connectivity index (χ1v) is 7.66. The smallest absolute Gasteiger partial charge is 0.337 e. The summed E-state index contributed by atoms with van der Waals surface area (Å²) in [6.45, 7) is 0.472. The number of nitrogens with two attached hydrogens (primary N) is 1. The summed E-state index contributed by atoms with van der Waals surface area (Å²) in [6, 6.07) is 5.80. The van der Waals surface area contributed by atoms with Crippen LogP contribution in [-0.2, 0) is 9.53 Å². The summed E-state index contributed by atoms with van der Waals surface area (Å²) in [5.74, 6) is 1.14. The summed E-state index contributed by atoms with van der Waals surface area (Å²) in [5.41, 5.74) is 5.28. The summed E-state index contributed by atoms with van der Waals surface area (Å²) in [7, 11) is 1.33. The highest BCUT2D eigenvalue weighted by atomic mass is 32.2. The standard InChI is InChI=1S/C14H18N2O5S/c1-20-13(18)10-2-4-11(5-3-10)21-7-9-22-8-6-12(17)16-14(15)19/h2-5H,6-9H2,1H3,(H3,15,16,17,19). The van der Waals surface area contributed by atoms with Gasteiger partial charge in [-0.15, -0.1) is 0 Å². The van der Waals surface area contributed by atoms with E-state index in [4.69, 9.17) is 10.5 Å². The highest BCUT2D eigenvalue weighted by Gasteiger charge is 2.05. The molecular formula is C14H18N2O5S. The van der Waals surface area contributed by atoms with Gasteiger partial charge < -0.3 is 15.2 Å². The van der Waals surface area contributed by atoms with Crippen molar-refractivity contribution in [3.8, 4) is 5.75 Å². The number of nitrogens with one attached hydrogen (secondary N) is 1. The fourth-order valence-corrected chi connectivity index (χ4v) is 2.23. The Bertz CT molecular complexity index is 518. The molecule has 0 saturated heterocycles. The summed E-state index contributed by atoms with van der Waals surface area (Å²) in [6.07, 6.45) is 0.224. The van der Waals surface area contributed by atoms with Crippen molar-refractivity contribution in [3.63, 3.8) is 0 Å². The van der Waals surface area contributed by atoms with Crippen LogP contribution in [0.15, 0.2) is 24.3 Å². The zero-order valence-corrected chi connectivity index (χ0v) is 13.0. The van der Waals surface area contributed by atoms with Crippen LogP contribution in [0.1, 0.15) is 16.8 Å². The van der Waals surface area contributed by atoms with E-state index < -0.39 is 12.0 Å². The highest BCUT2D eigenvalue weighted by molar-refractivity contribution is 7.99. The number of ether oxygens (including phenoxy) is 2. The van der Waals surface area contributed by atoms with Gasteiger partial charge in [0.1, 0.15) is 5.75 Å². The van der Waals surface area contributed by atoms with Gasteiger partial charge in [-0.25, -0.2) is 9.59 Å². The van der Waals surface area contributed by atoms with Crippen LogP contribution in [0, 0.1) is 0 Å². The maximum atomic E-state index is 11.3. The summed E-state index contributed by atoms with van der Waals surface area (Å²) in [5, 5.41) is 2.00. The molecular weight excluding hydrogens is 308 g/mol. The quantitative estimate of drug-likeness (QED) is 0.548. The number of urea groups is 1. The van der Waals surface area contributed by atoms with Gasteiger partial charge in [0, 0.05) is 17.9 Å². The van der Waals surface area contributed by atoms with Gasteiger partial charge in [0.15, 0.2) is 0 Å². The number of methoxy groups -OCH3 is 1. The van der Waals surface area contributed by atoms with E-state index in [9.17, 15) is 14.4 Å². The number of esters is 1. The molecule has 0 heterocycles. The van der Waals surface area contributed by atoms with Crippen molar-refractivity contribution in [3.05, 3.63) is 29.8 Å². The van der Waals surface area contributed by atoms with E-state index in [1.165, 1.54) is 18.9 Å². The molecule has 0 spiro atoms. The van der Waals surface area contributed by atoms with Crippen molar-refractivity contribution in [1.82, 2.24) is 5.32 Å². The van der Waals surface area contributed by atoms with Crippen molar-refractivity contribution in [2.75, 3.05) is 25.2 Å². The maximum absolute atomic E-state index is 11.3. The number of carbonyl (C=O) groups is 3. The third-order valence-electron chi connectivity index (χ3n) is 2.51. The van der Waals surface area contributed by atoms with E-state index in [-0.39, 0.29) is 12.3 Å². The number of carbonyl (C=O) groups excluding carboxylic acids is 3. The van der Waals surface area contributed by atoms with Crippen molar-refractivity contribution < 1.29 is 23.9 Å². The molecule has 0 aliphatic heterocycles. The van der Waals surface area contributed by atoms with E-state index in [2.05, 4.69) is 4.74 Å². The molecule has 0 aliphatic carbocycles. The molecule has 0 bridgehead atoms. The third kappa shape index (κ3) is 6.98. The Morgan fingerprint density at radius 1 is 1.18 bits per heavy atom. The molecule has 3 amide bonds. The van der Waals surface area contributed by atoms with Crippen LogP contribution >= 0.6 is 11.8 Å². The number of thioether (sulfide) groups is 1. The number of benzene rings is 1. The number of imide groups is 1. The molecule has 22 heavy (non-hydrogen) atoms. The van der Waals surface area contributed by atoms with Gasteiger partial charge in [-0.3, -0.25) is 10.1 Å². The largest absolute Gasteiger partial charge is 0.493 e. The van der Waals surface area contributed by atoms with E-state index >= 15 is 0 Å². The predicted molar refractivity (Wildman–Crippen MR) is 82.9 cm³/mol. The van der Waals surface area contributed by atoms with Gasteiger partial charge in [-0.1, -0.05) is 0 Å². The summed E-state index contributed by atoms with van der Waals surface area (Å²) < 4.78 is 10.1. The van der Waals surface area contributed by atoms with Gasteiger partial charge in [-0.05, 0) is 24.3 Å². The second-order valence-electron chi connectivity index (χ2n) is 4.14. The zero-order chi connectivity index (χ0) is 16.4. The molecule has 0 unspecified atom stereocenters. The van der Waals surface area contributed by atoms with E-state index in [1.54, 1.807) is 24.3 Å². The first-order valence-electron chi connectivity index (χ1n) is 6.51.